The third-order valence-corrected chi connectivity index (χ3v) is 4.14. The second-order valence-electron chi connectivity index (χ2n) is 8.32. The second kappa shape index (κ2) is 7.74. The molecule has 152 valence electrons. The van der Waals surface area contributed by atoms with Crippen molar-refractivity contribution < 1.29 is 22.7 Å². The second-order valence-corrected chi connectivity index (χ2v) is 8.71. The Morgan fingerprint density at radius 2 is 1.71 bits per heavy atom. The molecular weight excluding hydrogens is 391 g/mol. The van der Waals surface area contributed by atoms with Crippen LogP contribution in [-0.4, -0.2) is 16.6 Å². The lowest BCUT2D eigenvalue weighted by molar-refractivity contribution is -0.165. The van der Waals surface area contributed by atoms with Gasteiger partial charge in [0.2, 0.25) is 0 Å². The van der Waals surface area contributed by atoms with Gasteiger partial charge in [0.05, 0.1) is 16.7 Å². The Morgan fingerprint density at radius 3 is 2.29 bits per heavy atom. The van der Waals surface area contributed by atoms with Crippen LogP contribution in [0.4, 0.5) is 13.2 Å². The summed E-state index contributed by atoms with van der Waals surface area (Å²) in [5.41, 5.74) is -0.868. The van der Waals surface area contributed by atoms with Gasteiger partial charge in [-0.1, -0.05) is 29.8 Å². The number of aromatic nitrogens is 1. The number of carbonyl (C=O) groups is 1. The van der Waals surface area contributed by atoms with Crippen molar-refractivity contribution >= 4 is 17.6 Å². The SMILES string of the molecule is CC(C)(C)OC(=O)C(C)(C)Cc1cccc(-c2cc(C(F)(F)F)cc(Cl)n2)c1. The van der Waals surface area contributed by atoms with Crippen molar-refractivity contribution in [2.24, 2.45) is 5.41 Å². The highest BCUT2D eigenvalue weighted by Gasteiger charge is 2.33. The van der Waals surface area contributed by atoms with Gasteiger partial charge in [-0.15, -0.1) is 0 Å². The number of halogens is 4. The maximum absolute atomic E-state index is 13.1. The van der Waals surface area contributed by atoms with Gasteiger partial charge in [0, 0.05) is 5.56 Å². The number of rotatable bonds is 4. The largest absolute Gasteiger partial charge is 0.460 e. The minimum atomic E-state index is -4.52. The van der Waals surface area contributed by atoms with Crippen LogP contribution in [0, 0.1) is 5.41 Å². The van der Waals surface area contributed by atoms with E-state index in [1.807, 2.05) is 6.07 Å². The van der Waals surface area contributed by atoms with E-state index in [9.17, 15) is 18.0 Å². The van der Waals surface area contributed by atoms with Gasteiger partial charge in [0.15, 0.2) is 0 Å². The highest BCUT2D eigenvalue weighted by molar-refractivity contribution is 6.29. The Bertz CT molecular complexity index is 871. The molecule has 0 N–H and O–H groups in total. The molecule has 0 bridgehead atoms. The number of carbonyl (C=O) groups excluding carboxylic acids is 1. The summed E-state index contributed by atoms with van der Waals surface area (Å²) in [5, 5.41) is -0.232. The number of ether oxygens (including phenoxy) is 1. The highest BCUT2D eigenvalue weighted by Crippen LogP contribution is 2.34. The molecule has 3 nitrogen and oxygen atoms in total. The lowest BCUT2D eigenvalue weighted by atomic mass is 9.85. The predicted octanol–water partition coefficient (Wildman–Crippen LogP) is 6.33. The summed E-state index contributed by atoms with van der Waals surface area (Å²) in [7, 11) is 0. The molecule has 0 saturated heterocycles. The van der Waals surface area contributed by atoms with Crippen LogP contribution in [0.5, 0.6) is 0 Å². The van der Waals surface area contributed by atoms with E-state index in [1.54, 1.807) is 52.8 Å². The number of alkyl halides is 3. The van der Waals surface area contributed by atoms with Crippen molar-refractivity contribution in [3.05, 3.63) is 52.7 Å². The molecule has 0 aliphatic rings. The van der Waals surface area contributed by atoms with E-state index in [0.717, 1.165) is 17.7 Å². The summed E-state index contributed by atoms with van der Waals surface area (Å²) >= 11 is 5.78. The zero-order valence-corrected chi connectivity index (χ0v) is 17.2. The average molecular weight is 414 g/mol. The van der Waals surface area contributed by atoms with Crippen LogP contribution in [0.2, 0.25) is 5.15 Å². The van der Waals surface area contributed by atoms with Gasteiger partial charge in [-0.2, -0.15) is 13.2 Å². The monoisotopic (exact) mass is 413 g/mol. The van der Waals surface area contributed by atoms with E-state index in [4.69, 9.17) is 16.3 Å². The average Bonchev–Trinajstić information content (AvgIpc) is 2.51. The van der Waals surface area contributed by atoms with Gasteiger partial charge in [0.1, 0.15) is 10.8 Å². The Balaban J connectivity index is 2.33. The number of pyridine rings is 1. The van der Waals surface area contributed by atoms with Crippen molar-refractivity contribution in [1.82, 2.24) is 4.98 Å². The summed E-state index contributed by atoms with van der Waals surface area (Å²) in [5.74, 6) is -0.342. The Morgan fingerprint density at radius 1 is 1.07 bits per heavy atom. The topological polar surface area (TPSA) is 39.2 Å². The molecule has 0 radical (unpaired) electrons. The van der Waals surface area contributed by atoms with E-state index < -0.39 is 22.8 Å². The summed E-state index contributed by atoms with van der Waals surface area (Å²) in [6.07, 6.45) is -4.15. The minimum Gasteiger partial charge on any atom is -0.460 e. The van der Waals surface area contributed by atoms with Gasteiger partial charge in [-0.05, 0) is 64.8 Å². The van der Waals surface area contributed by atoms with Crippen LogP contribution >= 0.6 is 11.6 Å². The summed E-state index contributed by atoms with van der Waals surface area (Å²) < 4.78 is 44.6. The molecule has 2 rings (SSSR count). The summed E-state index contributed by atoms with van der Waals surface area (Å²) in [4.78, 5) is 16.5. The van der Waals surface area contributed by atoms with E-state index >= 15 is 0 Å². The first kappa shape index (κ1) is 22.2. The standard InChI is InChI=1S/C21H23ClF3NO2/c1-19(2,3)28-18(27)20(4,5)12-13-7-6-8-14(9-13)16-10-15(21(23,24)25)11-17(22)26-16/h6-11H,12H2,1-5H3. The van der Waals surface area contributed by atoms with Crippen LogP contribution in [-0.2, 0) is 22.1 Å². The van der Waals surface area contributed by atoms with Crippen LogP contribution in [0.1, 0.15) is 45.7 Å². The molecule has 0 aliphatic heterocycles. The molecule has 0 aliphatic carbocycles. The molecule has 0 fully saturated rings. The molecule has 0 saturated carbocycles. The van der Waals surface area contributed by atoms with E-state index in [2.05, 4.69) is 4.98 Å². The zero-order valence-electron chi connectivity index (χ0n) is 16.4. The molecule has 28 heavy (non-hydrogen) atoms. The van der Waals surface area contributed by atoms with Crippen molar-refractivity contribution in [1.29, 1.82) is 0 Å². The van der Waals surface area contributed by atoms with E-state index in [0.29, 0.717) is 12.0 Å². The minimum absolute atomic E-state index is 0.122. The van der Waals surface area contributed by atoms with Crippen LogP contribution in [0.15, 0.2) is 36.4 Å². The van der Waals surface area contributed by atoms with Gasteiger partial charge in [0.25, 0.3) is 0 Å². The van der Waals surface area contributed by atoms with Gasteiger partial charge >= 0.3 is 12.1 Å². The molecule has 0 amide bonds. The Labute approximate surface area is 167 Å². The predicted molar refractivity (Wildman–Crippen MR) is 103 cm³/mol. The summed E-state index contributed by atoms with van der Waals surface area (Å²) in [6, 6.07) is 8.65. The number of nitrogens with zero attached hydrogens (tertiary/aromatic N) is 1. The smallest absolute Gasteiger partial charge is 0.416 e. The lowest BCUT2D eigenvalue weighted by Gasteiger charge is -2.28. The zero-order chi connectivity index (χ0) is 21.3. The number of benzene rings is 1. The molecule has 1 aromatic heterocycles. The van der Waals surface area contributed by atoms with E-state index in [-0.39, 0.29) is 16.8 Å². The van der Waals surface area contributed by atoms with Crippen LogP contribution < -0.4 is 0 Å². The number of hydrogen-bond acceptors (Lipinski definition) is 3. The molecule has 0 spiro atoms. The summed E-state index contributed by atoms with van der Waals surface area (Å²) in [6.45, 7) is 8.93. The first-order valence-corrected chi connectivity index (χ1v) is 9.13. The van der Waals surface area contributed by atoms with Crippen LogP contribution in [0.3, 0.4) is 0 Å². The van der Waals surface area contributed by atoms with Crippen LogP contribution in [0.25, 0.3) is 11.3 Å². The maximum atomic E-state index is 13.1. The molecular formula is C21H23ClF3NO2. The number of hydrogen-bond donors (Lipinski definition) is 0. The fraction of sp³-hybridized carbons (Fsp3) is 0.429. The molecule has 7 heteroatoms. The normalized spacial score (nSPS) is 12.8. The van der Waals surface area contributed by atoms with Crippen molar-refractivity contribution in [3.8, 4) is 11.3 Å². The van der Waals surface area contributed by atoms with E-state index in [1.165, 1.54) is 0 Å². The quantitative estimate of drug-likeness (QED) is 0.434. The molecule has 2 aromatic rings. The van der Waals surface area contributed by atoms with Gasteiger partial charge in [-0.3, -0.25) is 4.79 Å². The fourth-order valence-corrected chi connectivity index (χ4v) is 2.86. The van der Waals surface area contributed by atoms with Gasteiger partial charge < -0.3 is 4.74 Å². The molecule has 0 atom stereocenters. The lowest BCUT2D eigenvalue weighted by Crippen LogP contribution is -2.35. The highest BCUT2D eigenvalue weighted by atomic mass is 35.5. The Hall–Kier alpha value is -2.08. The third-order valence-electron chi connectivity index (χ3n) is 3.94. The number of esters is 1. The fourth-order valence-electron chi connectivity index (χ4n) is 2.65. The first-order valence-electron chi connectivity index (χ1n) is 8.75. The maximum Gasteiger partial charge on any atom is 0.416 e. The Kier molecular flexibility index (Phi) is 6.14. The van der Waals surface area contributed by atoms with Crippen molar-refractivity contribution in [2.75, 3.05) is 0 Å². The molecule has 0 unspecified atom stereocenters. The van der Waals surface area contributed by atoms with Gasteiger partial charge in [-0.25, -0.2) is 4.98 Å². The third kappa shape index (κ3) is 5.96. The molecule has 1 aromatic carbocycles. The van der Waals surface area contributed by atoms with Crippen molar-refractivity contribution in [3.63, 3.8) is 0 Å². The van der Waals surface area contributed by atoms with Crippen molar-refractivity contribution in [2.45, 2.75) is 52.8 Å². The first-order chi connectivity index (χ1) is 12.7. The molecule has 1 heterocycles.